The first-order valence-electron chi connectivity index (χ1n) is 6.00. The molecule has 9 heteroatoms. The van der Waals surface area contributed by atoms with Crippen molar-refractivity contribution in [3.05, 3.63) is 51.3 Å². The van der Waals surface area contributed by atoms with Crippen LogP contribution in [0.3, 0.4) is 0 Å². The summed E-state index contributed by atoms with van der Waals surface area (Å²) in [4.78, 5) is 17.7. The number of nitro benzene ring substituents is 1. The molecule has 3 aromatic rings. The van der Waals surface area contributed by atoms with Crippen LogP contribution in [0.1, 0.15) is 0 Å². The van der Waals surface area contributed by atoms with Crippen LogP contribution >= 0.6 is 11.6 Å². The lowest BCUT2D eigenvalue weighted by Gasteiger charge is -2.04. The predicted octanol–water partition coefficient (Wildman–Crippen LogP) is 3.48. The molecule has 0 unspecified atom stereocenters. The molecule has 0 fully saturated rings. The largest absolute Gasteiger partial charge is 0.327 e. The maximum atomic E-state index is 13.9. The van der Waals surface area contributed by atoms with Crippen LogP contribution in [0.25, 0.3) is 22.4 Å². The van der Waals surface area contributed by atoms with E-state index in [9.17, 15) is 18.9 Å². The molecule has 0 amide bonds. The molecule has 112 valence electrons. The van der Waals surface area contributed by atoms with Crippen LogP contribution in [0.15, 0.2) is 24.5 Å². The average molecular weight is 325 g/mol. The zero-order valence-electron chi connectivity index (χ0n) is 11.0. The summed E-state index contributed by atoms with van der Waals surface area (Å²) in [6, 6.07) is 2.64. The second kappa shape index (κ2) is 4.99. The average Bonchev–Trinajstić information content (AvgIpc) is 2.77. The van der Waals surface area contributed by atoms with Gasteiger partial charge in [0.15, 0.2) is 11.6 Å². The number of halogens is 3. The summed E-state index contributed by atoms with van der Waals surface area (Å²) in [5.41, 5.74) is -0.174. The molecule has 0 spiro atoms. The fourth-order valence-electron chi connectivity index (χ4n) is 2.21. The minimum Gasteiger partial charge on any atom is -0.327 e. The zero-order valence-corrected chi connectivity index (χ0v) is 11.8. The lowest BCUT2D eigenvalue weighted by Crippen LogP contribution is -1.98. The molecule has 0 aliphatic heterocycles. The Morgan fingerprint density at radius 2 is 1.91 bits per heavy atom. The molecule has 0 saturated carbocycles. The number of hydrogen-bond acceptors (Lipinski definition) is 4. The van der Waals surface area contributed by atoms with Crippen LogP contribution in [-0.2, 0) is 7.05 Å². The molecule has 2 heterocycles. The number of fused-ring (bicyclic) bond motifs is 1. The highest BCUT2D eigenvalue weighted by atomic mass is 35.5. The molecule has 3 rings (SSSR count). The molecule has 0 radical (unpaired) electrons. The summed E-state index contributed by atoms with van der Waals surface area (Å²) < 4.78 is 29.1. The van der Waals surface area contributed by atoms with E-state index in [1.54, 1.807) is 0 Å². The lowest BCUT2D eigenvalue weighted by molar-refractivity contribution is -0.384. The molecule has 0 saturated heterocycles. The second-order valence-corrected chi connectivity index (χ2v) is 4.87. The standard InChI is InChI=1S/C13H7ClF2N4O2/c1-19-9-3-2-8(20(21)22)11(14)12(9)18-13(19)10-6(15)4-17-5-7(10)16/h2-5H,1H3. The first kappa shape index (κ1) is 14.3. The fraction of sp³-hybridized carbons (Fsp3) is 0.0769. The topological polar surface area (TPSA) is 73.8 Å². The SMILES string of the molecule is Cn1c(-c2c(F)cncc2F)nc2c(Cl)c([N+](=O)[O-])ccc21. The molecule has 0 atom stereocenters. The summed E-state index contributed by atoms with van der Waals surface area (Å²) >= 11 is 5.97. The van der Waals surface area contributed by atoms with Gasteiger partial charge < -0.3 is 4.57 Å². The van der Waals surface area contributed by atoms with Crippen LogP contribution in [-0.4, -0.2) is 19.5 Å². The minimum absolute atomic E-state index is 0.0326. The molecule has 1 aromatic carbocycles. The van der Waals surface area contributed by atoms with Gasteiger partial charge in [-0.3, -0.25) is 15.1 Å². The van der Waals surface area contributed by atoms with E-state index in [0.29, 0.717) is 5.52 Å². The third-order valence-electron chi connectivity index (χ3n) is 3.24. The molecule has 0 aliphatic rings. The van der Waals surface area contributed by atoms with Crippen molar-refractivity contribution >= 4 is 28.3 Å². The Labute approximate surface area is 127 Å². The van der Waals surface area contributed by atoms with Crippen LogP contribution in [0.4, 0.5) is 14.5 Å². The van der Waals surface area contributed by atoms with Crippen LogP contribution in [0.2, 0.25) is 5.02 Å². The highest BCUT2D eigenvalue weighted by Crippen LogP contribution is 2.35. The maximum absolute atomic E-state index is 13.9. The summed E-state index contributed by atoms with van der Waals surface area (Å²) in [5.74, 6) is -1.80. The van der Waals surface area contributed by atoms with Gasteiger partial charge in [0.1, 0.15) is 16.4 Å². The monoisotopic (exact) mass is 324 g/mol. The van der Waals surface area contributed by atoms with Crippen molar-refractivity contribution in [2.24, 2.45) is 7.05 Å². The van der Waals surface area contributed by atoms with Gasteiger partial charge in [-0.15, -0.1) is 0 Å². The van der Waals surface area contributed by atoms with E-state index in [4.69, 9.17) is 11.6 Å². The van der Waals surface area contributed by atoms with Gasteiger partial charge in [-0.25, -0.2) is 13.8 Å². The van der Waals surface area contributed by atoms with Crippen LogP contribution < -0.4 is 0 Å². The van der Waals surface area contributed by atoms with Crippen LogP contribution in [0.5, 0.6) is 0 Å². The molecule has 0 aliphatic carbocycles. The van der Waals surface area contributed by atoms with Gasteiger partial charge in [-0.2, -0.15) is 0 Å². The molecular weight excluding hydrogens is 318 g/mol. The minimum atomic E-state index is -0.885. The number of nitro groups is 1. The quantitative estimate of drug-likeness (QED) is 0.534. The summed E-state index contributed by atoms with van der Waals surface area (Å²) in [6.07, 6.45) is 1.73. The smallest absolute Gasteiger partial charge is 0.290 e. The second-order valence-electron chi connectivity index (χ2n) is 4.50. The zero-order chi connectivity index (χ0) is 16.0. The lowest BCUT2D eigenvalue weighted by atomic mass is 10.2. The number of aryl methyl sites for hydroxylation is 1. The van der Waals surface area contributed by atoms with E-state index >= 15 is 0 Å². The van der Waals surface area contributed by atoms with Gasteiger partial charge in [0.25, 0.3) is 5.69 Å². The molecular formula is C13H7ClF2N4O2. The van der Waals surface area contributed by atoms with Gasteiger partial charge in [0.05, 0.1) is 28.4 Å². The predicted molar refractivity (Wildman–Crippen MR) is 75.5 cm³/mol. The number of benzene rings is 1. The Kier molecular flexibility index (Phi) is 3.25. The van der Waals surface area contributed by atoms with Crippen molar-refractivity contribution in [2.45, 2.75) is 0 Å². The third kappa shape index (κ3) is 2.00. The number of nitrogens with zero attached hydrogens (tertiary/aromatic N) is 4. The van der Waals surface area contributed by atoms with E-state index in [1.165, 1.54) is 23.7 Å². The van der Waals surface area contributed by atoms with Crippen molar-refractivity contribution in [1.82, 2.24) is 14.5 Å². The fourth-order valence-corrected chi connectivity index (χ4v) is 2.48. The van der Waals surface area contributed by atoms with Crippen molar-refractivity contribution in [1.29, 1.82) is 0 Å². The van der Waals surface area contributed by atoms with Crippen molar-refractivity contribution in [3.63, 3.8) is 0 Å². The Morgan fingerprint density at radius 1 is 1.27 bits per heavy atom. The Morgan fingerprint density at radius 3 is 2.50 bits per heavy atom. The molecule has 6 nitrogen and oxygen atoms in total. The first-order chi connectivity index (χ1) is 10.4. The van der Waals surface area contributed by atoms with E-state index in [1.807, 2.05) is 0 Å². The van der Waals surface area contributed by atoms with Gasteiger partial charge >= 0.3 is 0 Å². The van der Waals surface area contributed by atoms with Crippen molar-refractivity contribution < 1.29 is 13.7 Å². The summed E-state index contributed by atoms with van der Waals surface area (Å²) in [5, 5.41) is 10.7. The van der Waals surface area contributed by atoms with Gasteiger partial charge in [0.2, 0.25) is 0 Å². The molecule has 0 N–H and O–H groups in total. The van der Waals surface area contributed by atoms with Crippen molar-refractivity contribution in [3.8, 4) is 11.4 Å². The normalized spacial score (nSPS) is 11.1. The highest BCUT2D eigenvalue weighted by molar-refractivity contribution is 6.37. The number of pyridine rings is 1. The van der Waals surface area contributed by atoms with Crippen LogP contribution in [0, 0.1) is 21.7 Å². The molecule has 0 bridgehead atoms. The highest BCUT2D eigenvalue weighted by Gasteiger charge is 2.23. The Hall–Kier alpha value is -2.61. The van der Waals surface area contributed by atoms with E-state index in [2.05, 4.69) is 9.97 Å². The Balaban J connectivity index is 2.36. The number of imidazole rings is 1. The molecule has 2 aromatic heterocycles. The van der Waals surface area contributed by atoms with E-state index < -0.39 is 16.6 Å². The van der Waals surface area contributed by atoms with Gasteiger partial charge in [-0.05, 0) is 6.07 Å². The van der Waals surface area contributed by atoms with E-state index in [-0.39, 0.29) is 27.6 Å². The third-order valence-corrected chi connectivity index (χ3v) is 3.62. The van der Waals surface area contributed by atoms with Gasteiger partial charge in [0, 0.05) is 13.1 Å². The maximum Gasteiger partial charge on any atom is 0.290 e. The first-order valence-corrected chi connectivity index (χ1v) is 6.38. The number of hydrogen-bond donors (Lipinski definition) is 0. The number of aromatic nitrogens is 3. The molecule has 22 heavy (non-hydrogen) atoms. The summed E-state index contributed by atoms with van der Waals surface area (Å²) in [6.45, 7) is 0. The van der Waals surface area contributed by atoms with E-state index in [0.717, 1.165) is 12.4 Å². The Bertz CT molecular complexity index is 906. The summed E-state index contributed by atoms with van der Waals surface area (Å²) in [7, 11) is 1.53. The number of rotatable bonds is 2. The van der Waals surface area contributed by atoms with Crippen molar-refractivity contribution in [2.75, 3.05) is 0 Å². The van der Waals surface area contributed by atoms with Gasteiger partial charge in [-0.1, -0.05) is 11.6 Å².